The molecule has 1 aliphatic heterocycles. The molecule has 6 heteroatoms. The van der Waals surface area contributed by atoms with Crippen molar-refractivity contribution in [2.45, 2.75) is 0 Å². The summed E-state index contributed by atoms with van der Waals surface area (Å²) in [5.74, 6) is 0.906. The molecular formula is C19H18FN5. The summed E-state index contributed by atoms with van der Waals surface area (Å²) in [5, 5.41) is 3.33. The van der Waals surface area contributed by atoms with Gasteiger partial charge < -0.3 is 10.2 Å². The van der Waals surface area contributed by atoms with Crippen LogP contribution in [0.15, 0.2) is 54.9 Å². The number of hydrogen-bond donors (Lipinski definition) is 1. The predicted molar refractivity (Wildman–Crippen MR) is 95.7 cm³/mol. The van der Waals surface area contributed by atoms with Gasteiger partial charge in [0.1, 0.15) is 11.6 Å². The number of nitrogens with zero attached hydrogens (tertiary/aromatic N) is 4. The summed E-state index contributed by atoms with van der Waals surface area (Å²) in [7, 11) is 0. The summed E-state index contributed by atoms with van der Waals surface area (Å²) in [4.78, 5) is 15.5. The Hall–Kier alpha value is -2.86. The lowest BCUT2D eigenvalue weighted by Crippen LogP contribution is -2.44. The van der Waals surface area contributed by atoms with Gasteiger partial charge in [0.05, 0.1) is 11.3 Å². The zero-order valence-corrected chi connectivity index (χ0v) is 13.7. The SMILES string of the molecule is Fc1ccccc1-c1nc(-c2ccncc2)cc(N2CCNCC2)n1. The zero-order valence-electron chi connectivity index (χ0n) is 13.7. The Kier molecular flexibility index (Phi) is 4.35. The Bertz CT molecular complexity index is 863. The van der Waals surface area contributed by atoms with E-state index in [9.17, 15) is 4.39 Å². The van der Waals surface area contributed by atoms with Crippen LogP contribution < -0.4 is 10.2 Å². The first kappa shape index (κ1) is 15.7. The second-order valence-corrected chi connectivity index (χ2v) is 5.89. The molecule has 0 unspecified atom stereocenters. The maximum absolute atomic E-state index is 14.3. The van der Waals surface area contributed by atoms with E-state index in [2.05, 4.69) is 25.2 Å². The van der Waals surface area contributed by atoms with Crippen LogP contribution in [-0.2, 0) is 0 Å². The molecule has 1 aromatic carbocycles. The molecule has 25 heavy (non-hydrogen) atoms. The minimum absolute atomic E-state index is 0.319. The fourth-order valence-corrected chi connectivity index (χ4v) is 2.92. The molecule has 0 bridgehead atoms. The quantitative estimate of drug-likeness (QED) is 0.798. The molecule has 1 aliphatic rings. The molecule has 0 aliphatic carbocycles. The minimum Gasteiger partial charge on any atom is -0.354 e. The Morgan fingerprint density at radius 1 is 0.960 bits per heavy atom. The van der Waals surface area contributed by atoms with Crippen LogP contribution in [0.3, 0.4) is 0 Å². The van der Waals surface area contributed by atoms with E-state index in [-0.39, 0.29) is 5.82 Å². The fourth-order valence-electron chi connectivity index (χ4n) is 2.92. The molecule has 1 fully saturated rings. The smallest absolute Gasteiger partial charge is 0.165 e. The lowest BCUT2D eigenvalue weighted by molar-refractivity contribution is 0.584. The highest BCUT2D eigenvalue weighted by Gasteiger charge is 2.17. The summed E-state index contributed by atoms with van der Waals surface area (Å²) in [6.07, 6.45) is 3.45. The first-order chi connectivity index (χ1) is 12.3. The Morgan fingerprint density at radius 3 is 2.48 bits per heavy atom. The topological polar surface area (TPSA) is 53.9 Å². The molecule has 1 saturated heterocycles. The highest BCUT2D eigenvalue weighted by atomic mass is 19.1. The molecule has 2 aromatic heterocycles. The third-order valence-electron chi connectivity index (χ3n) is 4.24. The molecule has 0 amide bonds. The predicted octanol–water partition coefficient (Wildman–Crippen LogP) is 2.75. The molecule has 3 aromatic rings. The molecule has 0 radical (unpaired) electrons. The largest absolute Gasteiger partial charge is 0.354 e. The Balaban J connectivity index is 1.84. The number of benzene rings is 1. The molecular weight excluding hydrogens is 317 g/mol. The van der Waals surface area contributed by atoms with Gasteiger partial charge in [0.2, 0.25) is 0 Å². The zero-order chi connectivity index (χ0) is 17.1. The van der Waals surface area contributed by atoms with Crippen molar-refractivity contribution in [2.75, 3.05) is 31.1 Å². The summed E-state index contributed by atoms with van der Waals surface area (Å²) < 4.78 is 14.3. The van der Waals surface area contributed by atoms with E-state index in [0.717, 1.165) is 43.3 Å². The number of aromatic nitrogens is 3. The van der Waals surface area contributed by atoms with Gasteiger partial charge in [0.15, 0.2) is 5.82 Å². The number of nitrogens with one attached hydrogen (secondary N) is 1. The maximum atomic E-state index is 14.3. The van der Waals surface area contributed by atoms with Crippen LogP contribution in [0.25, 0.3) is 22.6 Å². The van der Waals surface area contributed by atoms with Gasteiger partial charge in [-0.05, 0) is 24.3 Å². The van der Waals surface area contributed by atoms with Crippen LogP contribution in [0.4, 0.5) is 10.2 Å². The number of anilines is 1. The van der Waals surface area contributed by atoms with Gasteiger partial charge in [-0.3, -0.25) is 4.98 Å². The van der Waals surface area contributed by atoms with Gasteiger partial charge in [-0.15, -0.1) is 0 Å². The Labute approximate surface area is 145 Å². The van der Waals surface area contributed by atoms with Crippen molar-refractivity contribution in [3.8, 4) is 22.6 Å². The van der Waals surface area contributed by atoms with Gasteiger partial charge in [0, 0.05) is 50.2 Å². The summed E-state index contributed by atoms with van der Waals surface area (Å²) in [6, 6.07) is 12.4. The molecule has 0 saturated carbocycles. The van der Waals surface area contributed by atoms with Crippen molar-refractivity contribution in [1.82, 2.24) is 20.3 Å². The van der Waals surface area contributed by atoms with Crippen LogP contribution in [0.2, 0.25) is 0 Å². The molecule has 1 N–H and O–H groups in total. The fraction of sp³-hybridized carbons (Fsp3) is 0.211. The van der Waals surface area contributed by atoms with Crippen molar-refractivity contribution in [3.63, 3.8) is 0 Å². The molecule has 0 atom stereocenters. The number of piperazine rings is 1. The van der Waals surface area contributed by atoms with Gasteiger partial charge in [-0.25, -0.2) is 14.4 Å². The second-order valence-electron chi connectivity index (χ2n) is 5.89. The third-order valence-corrected chi connectivity index (χ3v) is 4.24. The van der Waals surface area contributed by atoms with Crippen LogP contribution >= 0.6 is 0 Å². The van der Waals surface area contributed by atoms with Crippen molar-refractivity contribution in [3.05, 3.63) is 60.7 Å². The monoisotopic (exact) mass is 335 g/mol. The van der Waals surface area contributed by atoms with E-state index in [4.69, 9.17) is 0 Å². The average molecular weight is 335 g/mol. The van der Waals surface area contributed by atoms with Crippen molar-refractivity contribution in [1.29, 1.82) is 0 Å². The van der Waals surface area contributed by atoms with Crippen LogP contribution in [0, 0.1) is 5.82 Å². The highest BCUT2D eigenvalue weighted by Crippen LogP contribution is 2.27. The molecule has 126 valence electrons. The van der Waals surface area contributed by atoms with Crippen molar-refractivity contribution >= 4 is 5.82 Å². The standard InChI is InChI=1S/C19H18FN5/c20-16-4-2-1-3-15(16)19-23-17(14-5-7-21-8-6-14)13-18(24-19)25-11-9-22-10-12-25/h1-8,13,22H,9-12H2. The highest BCUT2D eigenvalue weighted by molar-refractivity contribution is 5.68. The lowest BCUT2D eigenvalue weighted by atomic mass is 10.1. The average Bonchev–Trinajstić information content (AvgIpc) is 2.69. The second kappa shape index (κ2) is 6.94. The lowest BCUT2D eigenvalue weighted by Gasteiger charge is -2.29. The number of halogens is 1. The van der Waals surface area contributed by atoms with Gasteiger partial charge in [0.25, 0.3) is 0 Å². The van der Waals surface area contributed by atoms with E-state index in [1.54, 1.807) is 30.6 Å². The van der Waals surface area contributed by atoms with Crippen LogP contribution in [-0.4, -0.2) is 41.1 Å². The summed E-state index contributed by atoms with van der Waals surface area (Å²) in [6.45, 7) is 3.54. The number of hydrogen-bond acceptors (Lipinski definition) is 5. The van der Waals surface area contributed by atoms with Gasteiger partial charge >= 0.3 is 0 Å². The molecule has 3 heterocycles. The first-order valence-electron chi connectivity index (χ1n) is 8.31. The van der Waals surface area contributed by atoms with Gasteiger partial charge in [-0.2, -0.15) is 0 Å². The van der Waals surface area contributed by atoms with Crippen LogP contribution in [0.5, 0.6) is 0 Å². The molecule has 0 spiro atoms. The summed E-state index contributed by atoms with van der Waals surface area (Å²) in [5.41, 5.74) is 2.12. The first-order valence-corrected chi connectivity index (χ1v) is 8.31. The molecule has 5 nitrogen and oxygen atoms in total. The molecule has 4 rings (SSSR count). The summed E-state index contributed by atoms with van der Waals surface area (Å²) >= 11 is 0. The van der Waals surface area contributed by atoms with E-state index in [0.29, 0.717) is 11.4 Å². The number of rotatable bonds is 3. The van der Waals surface area contributed by atoms with Crippen molar-refractivity contribution in [2.24, 2.45) is 0 Å². The Morgan fingerprint density at radius 2 is 1.72 bits per heavy atom. The van der Waals surface area contributed by atoms with E-state index in [1.807, 2.05) is 18.2 Å². The maximum Gasteiger partial charge on any atom is 0.165 e. The van der Waals surface area contributed by atoms with E-state index < -0.39 is 0 Å². The number of pyridine rings is 1. The van der Waals surface area contributed by atoms with E-state index in [1.165, 1.54) is 6.07 Å². The van der Waals surface area contributed by atoms with E-state index >= 15 is 0 Å². The van der Waals surface area contributed by atoms with Crippen LogP contribution in [0.1, 0.15) is 0 Å². The third kappa shape index (κ3) is 3.34. The van der Waals surface area contributed by atoms with Gasteiger partial charge in [-0.1, -0.05) is 12.1 Å². The van der Waals surface area contributed by atoms with Crippen molar-refractivity contribution < 1.29 is 4.39 Å². The normalized spacial score (nSPS) is 14.5. The minimum atomic E-state index is -0.319.